The van der Waals surface area contributed by atoms with Crippen molar-refractivity contribution in [3.05, 3.63) is 126 Å². The quantitative estimate of drug-likeness (QED) is 0.331. The maximum Gasteiger partial charge on any atom is 0.241 e. The maximum absolute atomic E-state index is 13.3. The Hall–Kier alpha value is -4.10. The van der Waals surface area contributed by atoms with Crippen molar-refractivity contribution in [2.75, 3.05) is 17.1 Å². The van der Waals surface area contributed by atoms with Crippen LogP contribution in [0.15, 0.2) is 109 Å². The average Bonchev–Trinajstić information content (AvgIpc) is 2.87. The summed E-state index contributed by atoms with van der Waals surface area (Å²) in [5.41, 5.74) is 3.15. The molecule has 0 aliphatic heterocycles. The molecule has 1 unspecified atom stereocenters. The first kappa shape index (κ1) is 25.0. The Morgan fingerprint density at radius 1 is 0.833 bits per heavy atom. The number of hydrogen-bond donors (Lipinski definition) is 1. The summed E-state index contributed by atoms with van der Waals surface area (Å²) in [6.45, 7) is 1.59. The van der Waals surface area contributed by atoms with E-state index < -0.39 is 28.5 Å². The van der Waals surface area contributed by atoms with Crippen LogP contribution in [0.4, 0.5) is 5.69 Å². The van der Waals surface area contributed by atoms with E-state index in [-0.39, 0.29) is 5.69 Å². The molecule has 0 aliphatic carbocycles. The van der Waals surface area contributed by atoms with Gasteiger partial charge in [-0.3, -0.25) is 9.10 Å². The second-order valence-electron chi connectivity index (χ2n) is 8.48. The monoisotopic (exact) mass is 500 g/mol. The molecule has 0 heterocycles. The molecular formula is C29H28N2O4S. The van der Waals surface area contributed by atoms with Crippen LogP contribution in [-0.2, 0) is 14.8 Å². The van der Waals surface area contributed by atoms with Gasteiger partial charge in [-0.15, -0.1) is 0 Å². The molecule has 0 radical (unpaired) electrons. The lowest BCUT2D eigenvalue weighted by Crippen LogP contribution is -2.42. The van der Waals surface area contributed by atoms with Gasteiger partial charge in [-0.25, -0.2) is 8.42 Å². The summed E-state index contributed by atoms with van der Waals surface area (Å²) in [5.74, 6) is 0.456. The van der Waals surface area contributed by atoms with Crippen LogP contribution in [0, 0.1) is 6.92 Å². The van der Waals surface area contributed by atoms with Crippen molar-refractivity contribution in [1.82, 2.24) is 5.32 Å². The standard InChI is InChI=1S/C29H28N2O4S/c1-22-12-11-15-24(20-22)29(23-13-5-3-6-14-23)30-28(32)21-31(36(2,33)34)26-18-9-10-19-27(26)35-25-16-7-4-8-17-25/h3-20,29H,21H2,1-2H3,(H,30,32). The van der Waals surface area contributed by atoms with Crippen molar-refractivity contribution in [1.29, 1.82) is 0 Å². The number of aryl methyl sites for hydroxylation is 1. The third-order valence-electron chi connectivity index (χ3n) is 5.61. The minimum absolute atomic E-state index is 0.283. The molecule has 0 fully saturated rings. The first-order chi connectivity index (χ1) is 17.3. The number of anilines is 1. The van der Waals surface area contributed by atoms with Gasteiger partial charge in [0.05, 0.1) is 18.0 Å². The number of rotatable bonds is 9. The number of nitrogens with one attached hydrogen (secondary N) is 1. The molecule has 6 nitrogen and oxygen atoms in total. The van der Waals surface area contributed by atoms with Gasteiger partial charge in [-0.1, -0.05) is 90.5 Å². The SMILES string of the molecule is Cc1cccc(C(NC(=O)CN(c2ccccc2Oc2ccccc2)S(C)(=O)=O)c2ccccc2)c1. The number of benzene rings is 4. The summed E-state index contributed by atoms with van der Waals surface area (Å²) < 4.78 is 32.7. The van der Waals surface area contributed by atoms with Gasteiger partial charge in [0.15, 0.2) is 5.75 Å². The zero-order chi connectivity index (χ0) is 25.5. The summed E-state index contributed by atoms with van der Waals surface area (Å²) in [5, 5.41) is 3.03. The molecule has 1 amide bonds. The van der Waals surface area contributed by atoms with Crippen LogP contribution in [0.2, 0.25) is 0 Å². The van der Waals surface area contributed by atoms with Crippen LogP contribution < -0.4 is 14.4 Å². The summed E-state index contributed by atoms with van der Waals surface area (Å²) in [7, 11) is -3.81. The Morgan fingerprint density at radius 3 is 2.11 bits per heavy atom. The number of para-hydroxylation sites is 3. The molecule has 0 saturated heterocycles. The first-order valence-electron chi connectivity index (χ1n) is 11.5. The van der Waals surface area contributed by atoms with Crippen molar-refractivity contribution >= 4 is 21.6 Å². The van der Waals surface area contributed by atoms with E-state index in [1.807, 2.05) is 79.7 Å². The second kappa shape index (κ2) is 11.1. The van der Waals surface area contributed by atoms with Gasteiger partial charge in [0.25, 0.3) is 0 Å². The Balaban J connectivity index is 1.63. The van der Waals surface area contributed by atoms with Crippen LogP contribution in [0.25, 0.3) is 0 Å². The van der Waals surface area contributed by atoms with Gasteiger partial charge in [-0.2, -0.15) is 0 Å². The highest BCUT2D eigenvalue weighted by Gasteiger charge is 2.26. The topological polar surface area (TPSA) is 75.7 Å². The predicted molar refractivity (Wildman–Crippen MR) is 143 cm³/mol. The fourth-order valence-corrected chi connectivity index (χ4v) is 4.80. The molecule has 0 aromatic heterocycles. The zero-order valence-electron chi connectivity index (χ0n) is 20.2. The highest BCUT2D eigenvalue weighted by Crippen LogP contribution is 2.33. The number of ether oxygens (including phenoxy) is 1. The third-order valence-corrected chi connectivity index (χ3v) is 6.73. The Morgan fingerprint density at radius 2 is 1.44 bits per heavy atom. The number of carbonyl (C=O) groups is 1. The van der Waals surface area contributed by atoms with Gasteiger partial charge in [-0.05, 0) is 42.3 Å². The predicted octanol–water partition coefficient (Wildman–Crippen LogP) is 5.46. The number of amides is 1. The summed E-state index contributed by atoms with van der Waals surface area (Å²) >= 11 is 0. The number of sulfonamides is 1. The average molecular weight is 501 g/mol. The molecule has 4 aromatic carbocycles. The maximum atomic E-state index is 13.3. The van der Waals surface area contributed by atoms with Crippen molar-refractivity contribution in [2.45, 2.75) is 13.0 Å². The van der Waals surface area contributed by atoms with Crippen molar-refractivity contribution < 1.29 is 17.9 Å². The molecule has 4 aromatic rings. The summed E-state index contributed by atoms with van der Waals surface area (Å²) in [6, 6.07) is 32.9. The number of hydrogen-bond acceptors (Lipinski definition) is 4. The molecule has 0 spiro atoms. The van der Waals surface area contributed by atoms with E-state index in [2.05, 4.69) is 5.32 Å². The Kier molecular flexibility index (Phi) is 7.71. The Labute approximate surface area is 212 Å². The minimum Gasteiger partial charge on any atom is -0.455 e. The first-order valence-corrected chi connectivity index (χ1v) is 13.4. The fraction of sp³-hybridized carbons (Fsp3) is 0.138. The second-order valence-corrected chi connectivity index (χ2v) is 10.4. The smallest absolute Gasteiger partial charge is 0.241 e. The van der Waals surface area contributed by atoms with Crippen molar-refractivity contribution in [3.8, 4) is 11.5 Å². The lowest BCUT2D eigenvalue weighted by molar-refractivity contribution is -0.120. The third kappa shape index (κ3) is 6.31. The van der Waals surface area contributed by atoms with Crippen LogP contribution in [0.1, 0.15) is 22.7 Å². The molecule has 4 rings (SSSR count). The normalized spacial score (nSPS) is 11.9. The molecule has 0 saturated carbocycles. The van der Waals surface area contributed by atoms with Crippen molar-refractivity contribution in [2.24, 2.45) is 0 Å². The van der Waals surface area contributed by atoms with E-state index in [4.69, 9.17) is 4.74 Å². The van der Waals surface area contributed by atoms with Gasteiger partial charge in [0, 0.05) is 0 Å². The fourth-order valence-electron chi connectivity index (χ4n) is 3.94. The molecule has 0 bridgehead atoms. The molecule has 1 atom stereocenters. The van der Waals surface area contributed by atoms with E-state index in [0.717, 1.165) is 27.3 Å². The van der Waals surface area contributed by atoms with Crippen LogP contribution in [0.3, 0.4) is 0 Å². The van der Waals surface area contributed by atoms with E-state index in [9.17, 15) is 13.2 Å². The van der Waals surface area contributed by atoms with Crippen LogP contribution >= 0.6 is 0 Å². The van der Waals surface area contributed by atoms with Gasteiger partial charge in [0.1, 0.15) is 12.3 Å². The Bertz CT molecular complexity index is 1420. The highest BCUT2D eigenvalue weighted by atomic mass is 32.2. The summed E-state index contributed by atoms with van der Waals surface area (Å²) in [4.78, 5) is 13.3. The number of nitrogens with zero attached hydrogens (tertiary/aromatic N) is 1. The van der Waals surface area contributed by atoms with E-state index in [0.29, 0.717) is 11.5 Å². The van der Waals surface area contributed by atoms with E-state index in [1.165, 1.54) is 0 Å². The molecule has 1 N–H and O–H groups in total. The minimum atomic E-state index is -3.81. The molecular weight excluding hydrogens is 472 g/mol. The largest absolute Gasteiger partial charge is 0.455 e. The highest BCUT2D eigenvalue weighted by molar-refractivity contribution is 7.92. The summed E-state index contributed by atoms with van der Waals surface area (Å²) in [6.07, 6.45) is 1.08. The van der Waals surface area contributed by atoms with Crippen LogP contribution in [-0.4, -0.2) is 27.1 Å². The molecule has 184 valence electrons. The molecule has 7 heteroatoms. The van der Waals surface area contributed by atoms with Gasteiger partial charge >= 0.3 is 0 Å². The van der Waals surface area contributed by atoms with Gasteiger partial charge < -0.3 is 10.1 Å². The molecule has 0 aliphatic rings. The number of carbonyl (C=O) groups excluding carboxylic acids is 1. The van der Waals surface area contributed by atoms with Crippen molar-refractivity contribution in [3.63, 3.8) is 0 Å². The molecule has 36 heavy (non-hydrogen) atoms. The van der Waals surface area contributed by atoms with E-state index >= 15 is 0 Å². The van der Waals surface area contributed by atoms with E-state index in [1.54, 1.807) is 36.4 Å². The lowest BCUT2D eigenvalue weighted by atomic mass is 9.97. The van der Waals surface area contributed by atoms with Gasteiger partial charge in [0.2, 0.25) is 15.9 Å². The lowest BCUT2D eigenvalue weighted by Gasteiger charge is -2.26. The van der Waals surface area contributed by atoms with Crippen LogP contribution in [0.5, 0.6) is 11.5 Å². The zero-order valence-corrected chi connectivity index (χ0v) is 21.0.